The molecule has 0 aliphatic rings. The molecular formula is C20H23F2N5O2. The van der Waals surface area contributed by atoms with E-state index in [-0.39, 0.29) is 12.3 Å². The van der Waals surface area contributed by atoms with Crippen molar-refractivity contribution in [3.63, 3.8) is 0 Å². The number of methoxy groups -OCH3 is 1. The van der Waals surface area contributed by atoms with Gasteiger partial charge in [0, 0.05) is 26.2 Å². The van der Waals surface area contributed by atoms with Crippen molar-refractivity contribution < 1.29 is 18.3 Å². The average Bonchev–Trinajstić information content (AvgIpc) is 3.04. The van der Waals surface area contributed by atoms with E-state index in [9.17, 15) is 8.78 Å². The number of fused-ring (bicyclic) bond motifs is 1. The summed E-state index contributed by atoms with van der Waals surface area (Å²) in [6, 6.07) is 12.5. The van der Waals surface area contributed by atoms with E-state index in [4.69, 9.17) is 4.74 Å². The van der Waals surface area contributed by atoms with Crippen molar-refractivity contribution in [2.45, 2.75) is 19.7 Å². The zero-order chi connectivity index (χ0) is 20.8. The molecule has 2 aromatic carbocycles. The molecule has 2 N–H and O–H groups in total. The van der Waals surface area contributed by atoms with Gasteiger partial charge in [0.15, 0.2) is 5.96 Å². The molecule has 3 rings (SSSR count). The molecule has 0 saturated carbocycles. The lowest BCUT2D eigenvalue weighted by Gasteiger charge is -2.15. The Balaban J connectivity index is 1.67. The Morgan fingerprint density at radius 3 is 2.62 bits per heavy atom. The SMILES string of the molecule is CN=C(NCc1cc(OC)ccc1OC(F)F)NCc1nc2ccccc2n1C. The van der Waals surface area contributed by atoms with Gasteiger partial charge in [-0.15, -0.1) is 0 Å². The number of halogens is 2. The van der Waals surface area contributed by atoms with Gasteiger partial charge in [-0.2, -0.15) is 8.78 Å². The van der Waals surface area contributed by atoms with Crippen molar-refractivity contribution in [2.75, 3.05) is 14.2 Å². The number of nitrogens with zero attached hydrogens (tertiary/aromatic N) is 3. The van der Waals surface area contributed by atoms with Crippen LogP contribution >= 0.6 is 0 Å². The molecule has 0 aliphatic heterocycles. The Labute approximate surface area is 167 Å². The minimum absolute atomic E-state index is 0.0825. The third-order valence-electron chi connectivity index (χ3n) is 4.45. The molecule has 0 saturated heterocycles. The summed E-state index contributed by atoms with van der Waals surface area (Å²) in [5.41, 5.74) is 2.48. The largest absolute Gasteiger partial charge is 0.497 e. The summed E-state index contributed by atoms with van der Waals surface area (Å²) in [5.74, 6) is 1.98. The van der Waals surface area contributed by atoms with E-state index in [1.54, 1.807) is 19.2 Å². The lowest BCUT2D eigenvalue weighted by molar-refractivity contribution is -0.0504. The van der Waals surface area contributed by atoms with E-state index in [1.807, 2.05) is 35.9 Å². The zero-order valence-corrected chi connectivity index (χ0v) is 16.4. The van der Waals surface area contributed by atoms with Crippen LogP contribution in [0.15, 0.2) is 47.5 Å². The number of aromatic nitrogens is 2. The second-order valence-electron chi connectivity index (χ2n) is 6.21. The van der Waals surface area contributed by atoms with Gasteiger partial charge < -0.3 is 24.7 Å². The highest BCUT2D eigenvalue weighted by molar-refractivity contribution is 5.80. The van der Waals surface area contributed by atoms with Gasteiger partial charge >= 0.3 is 6.61 Å². The van der Waals surface area contributed by atoms with Gasteiger partial charge in [-0.3, -0.25) is 4.99 Å². The summed E-state index contributed by atoms with van der Waals surface area (Å²) in [6.45, 7) is -2.23. The fourth-order valence-electron chi connectivity index (χ4n) is 2.95. The molecule has 0 bridgehead atoms. The number of alkyl halides is 2. The van der Waals surface area contributed by atoms with Crippen LogP contribution in [0.3, 0.4) is 0 Å². The van der Waals surface area contributed by atoms with Crippen molar-refractivity contribution in [3.8, 4) is 11.5 Å². The number of para-hydroxylation sites is 2. The monoisotopic (exact) mass is 403 g/mol. The number of aryl methyl sites for hydroxylation is 1. The average molecular weight is 403 g/mol. The van der Waals surface area contributed by atoms with Gasteiger partial charge in [0.25, 0.3) is 0 Å². The van der Waals surface area contributed by atoms with Crippen molar-refractivity contribution in [1.82, 2.24) is 20.2 Å². The Morgan fingerprint density at radius 1 is 1.17 bits per heavy atom. The Kier molecular flexibility index (Phi) is 6.48. The molecule has 0 fully saturated rings. The summed E-state index contributed by atoms with van der Waals surface area (Å²) >= 11 is 0. The lowest BCUT2D eigenvalue weighted by atomic mass is 10.2. The maximum absolute atomic E-state index is 12.7. The highest BCUT2D eigenvalue weighted by atomic mass is 19.3. The molecule has 0 unspecified atom stereocenters. The highest BCUT2D eigenvalue weighted by Gasteiger charge is 2.12. The van der Waals surface area contributed by atoms with Crippen molar-refractivity contribution in [2.24, 2.45) is 12.0 Å². The van der Waals surface area contributed by atoms with Gasteiger partial charge in [0.2, 0.25) is 0 Å². The molecule has 0 aliphatic carbocycles. The van der Waals surface area contributed by atoms with Crippen LogP contribution in [0.25, 0.3) is 11.0 Å². The molecule has 0 radical (unpaired) electrons. The number of benzene rings is 2. The number of ether oxygens (including phenoxy) is 2. The second-order valence-corrected chi connectivity index (χ2v) is 6.21. The van der Waals surface area contributed by atoms with Crippen LogP contribution in [0, 0.1) is 0 Å². The Hall–Kier alpha value is -3.36. The van der Waals surface area contributed by atoms with Crippen LogP contribution in [0.5, 0.6) is 11.5 Å². The number of nitrogens with one attached hydrogen (secondary N) is 2. The molecule has 0 atom stereocenters. The molecule has 0 amide bonds. The van der Waals surface area contributed by atoms with Crippen LogP contribution in [0.2, 0.25) is 0 Å². The highest BCUT2D eigenvalue weighted by Crippen LogP contribution is 2.25. The molecule has 9 heteroatoms. The first kappa shape index (κ1) is 20.4. The van der Waals surface area contributed by atoms with Crippen molar-refractivity contribution >= 4 is 17.0 Å². The summed E-state index contributed by atoms with van der Waals surface area (Å²) < 4.78 is 37.1. The zero-order valence-electron chi connectivity index (χ0n) is 16.4. The summed E-state index contributed by atoms with van der Waals surface area (Å²) in [5, 5.41) is 6.28. The third-order valence-corrected chi connectivity index (χ3v) is 4.45. The van der Waals surface area contributed by atoms with Crippen LogP contribution in [-0.2, 0) is 20.1 Å². The maximum Gasteiger partial charge on any atom is 0.387 e. The molecule has 3 aromatic rings. The standard InChI is InChI=1S/C20H23F2N5O2/c1-23-20(25-12-18-26-15-6-4-5-7-16(15)27(18)2)24-11-13-10-14(28-3)8-9-17(13)29-19(21)22/h4-10,19H,11-12H2,1-3H3,(H2,23,24,25). The fourth-order valence-corrected chi connectivity index (χ4v) is 2.95. The summed E-state index contributed by atoms with van der Waals surface area (Å²) in [6.07, 6.45) is 0. The number of hydrogen-bond donors (Lipinski definition) is 2. The number of guanidine groups is 1. The predicted molar refractivity (Wildman–Crippen MR) is 107 cm³/mol. The summed E-state index contributed by atoms with van der Waals surface area (Å²) in [7, 11) is 5.09. The molecule has 154 valence electrons. The van der Waals surface area contributed by atoms with E-state index in [1.165, 1.54) is 13.2 Å². The Bertz CT molecular complexity index is 1000. The second kappa shape index (κ2) is 9.22. The Morgan fingerprint density at radius 2 is 1.93 bits per heavy atom. The van der Waals surface area contributed by atoms with E-state index in [2.05, 4.69) is 25.3 Å². The van der Waals surface area contributed by atoms with E-state index in [0.29, 0.717) is 23.8 Å². The number of rotatable bonds is 7. The van der Waals surface area contributed by atoms with E-state index >= 15 is 0 Å². The number of imidazole rings is 1. The molecular weight excluding hydrogens is 380 g/mol. The molecule has 1 aromatic heterocycles. The van der Waals surface area contributed by atoms with Crippen molar-refractivity contribution in [3.05, 3.63) is 53.9 Å². The topological polar surface area (TPSA) is 72.7 Å². The van der Waals surface area contributed by atoms with Gasteiger partial charge in [0.1, 0.15) is 17.3 Å². The normalized spacial score (nSPS) is 11.7. The van der Waals surface area contributed by atoms with Crippen LogP contribution < -0.4 is 20.1 Å². The fraction of sp³-hybridized carbons (Fsp3) is 0.300. The summed E-state index contributed by atoms with van der Waals surface area (Å²) in [4.78, 5) is 8.78. The minimum atomic E-state index is -2.91. The molecule has 0 spiro atoms. The van der Waals surface area contributed by atoms with Crippen molar-refractivity contribution in [1.29, 1.82) is 0 Å². The predicted octanol–water partition coefficient (Wildman–Crippen LogP) is 3.05. The lowest BCUT2D eigenvalue weighted by Crippen LogP contribution is -2.37. The van der Waals surface area contributed by atoms with Gasteiger partial charge in [-0.1, -0.05) is 12.1 Å². The van der Waals surface area contributed by atoms with Gasteiger partial charge in [0.05, 0.1) is 24.7 Å². The first-order valence-corrected chi connectivity index (χ1v) is 8.98. The third kappa shape index (κ3) is 4.92. The van der Waals surface area contributed by atoms with Gasteiger partial charge in [-0.25, -0.2) is 4.98 Å². The maximum atomic E-state index is 12.7. The number of aliphatic imine (C=N–C) groups is 1. The van der Waals surface area contributed by atoms with Crippen LogP contribution in [0.4, 0.5) is 8.78 Å². The molecule has 7 nitrogen and oxygen atoms in total. The minimum Gasteiger partial charge on any atom is -0.497 e. The first-order valence-electron chi connectivity index (χ1n) is 8.98. The first-order chi connectivity index (χ1) is 14.0. The smallest absolute Gasteiger partial charge is 0.387 e. The van der Waals surface area contributed by atoms with Crippen LogP contribution in [-0.4, -0.2) is 36.3 Å². The van der Waals surface area contributed by atoms with Gasteiger partial charge in [-0.05, 0) is 30.3 Å². The van der Waals surface area contributed by atoms with E-state index in [0.717, 1.165) is 16.9 Å². The number of hydrogen-bond acceptors (Lipinski definition) is 4. The van der Waals surface area contributed by atoms with Crippen LogP contribution in [0.1, 0.15) is 11.4 Å². The molecule has 1 heterocycles. The van der Waals surface area contributed by atoms with E-state index < -0.39 is 6.61 Å². The quantitative estimate of drug-likeness (QED) is 0.469. The molecule has 29 heavy (non-hydrogen) atoms.